The summed E-state index contributed by atoms with van der Waals surface area (Å²) in [6, 6.07) is 87.1. The Morgan fingerprint density at radius 2 is 0.738 bits per heavy atom. The standard InChI is InChI=1S/C59H39NS/c1-3-13-40(14-4-1)42-23-31-47(32-24-42)60(48-33-25-43(26-34-48)41-15-5-2-6-16-41)49-35-27-44(28-36-49)46-30-37-56-55(39-46)59(58-50-18-8-7-17-45(50)29-38-57(58)61-56)53-21-11-9-19-51(53)52-20-10-12-22-54(52)59/h1-39H. The maximum Gasteiger partial charge on any atom is 0.0741 e. The van der Waals surface area contributed by atoms with Crippen molar-refractivity contribution in [3.05, 3.63) is 259 Å². The predicted molar refractivity (Wildman–Crippen MR) is 256 cm³/mol. The zero-order valence-corrected chi connectivity index (χ0v) is 34.2. The van der Waals surface area contributed by atoms with Crippen molar-refractivity contribution < 1.29 is 0 Å². The Kier molecular flexibility index (Phi) is 8.40. The van der Waals surface area contributed by atoms with Crippen LogP contribution < -0.4 is 4.90 Å². The molecule has 286 valence electrons. The van der Waals surface area contributed by atoms with Gasteiger partial charge in [-0.2, -0.15) is 0 Å². The molecule has 1 aliphatic carbocycles. The highest BCUT2D eigenvalue weighted by Crippen LogP contribution is 2.63. The van der Waals surface area contributed by atoms with Gasteiger partial charge in [-0.05, 0) is 132 Å². The first kappa shape index (κ1) is 35.5. The van der Waals surface area contributed by atoms with Gasteiger partial charge in [-0.1, -0.05) is 194 Å². The van der Waals surface area contributed by atoms with Crippen LogP contribution >= 0.6 is 11.8 Å². The van der Waals surface area contributed by atoms with E-state index in [-0.39, 0.29) is 0 Å². The van der Waals surface area contributed by atoms with Gasteiger partial charge >= 0.3 is 0 Å². The van der Waals surface area contributed by atoms with Crippen LogP contribution in [0.15, 0.2) is 246 Å². The highest BCUT2D eigenvalue weighted by molar-refractivity contribution is 7.99. The van der Waals surface area contributed by atoms with Crippen molar-refractivity contribution in [1.29, 1.82) is 0 Å². The van der Waals surface area contributed by atoms with Crippen LogP contribution in [0.2, 0.25) is 0 Å². The molecule has 0 atom stereocenters. The summed E-state index contributed by atoms with van der Waals surface area (Å²) in [6.45, 7) is 0. The lowest BCUT2D eigenvalue weighted by Crippen LogP contribution is -2.32. The van der Waals surface area contributed by atoms with Crippen LogP contribution in [0.5, 0.6) is 0 Å². The second-order valence-electron chi connectivity index (χ2n) is 16.0. The quantitative estimate of drug-likeness (QED) is 0.165. The molecule has 0 unspecified atom stereocenters. The van der Waals surface area contributed by atoms with Crippen molar-refractivity contribution in [2.75, 3.05) is 4.90 Å². The number of benzene rings is 10. The maximum atomic E-state index is 2.49. The topological polar surface area (TPSA) is 3.24 Å². The van der Waals surface area contributed by atoms with E-state index in [1.165, 1.54) is 87.3 Å². The lowest BCUT2D eigenvalue weighted by molar-refractivity contribution is 0.731. The fraction of sp³-hybridized carbons (Fsp3) is 0.0169. The van der Waals surface area contributed by atoms with Gasteiger partial charge < -0.3 is 4.90 Å². The van der Waals surface area contributed by atoms with Gasteiger partial charge in [0.2, 0.25) is 0 Å². The molecule has 10 aromatic carbocycles. The van der Waals surface area contributed by atoms with Crippen LogP contribution in [-0.4, -0.2) is 0 Å². The van der Waals surface area contributed by atoms with Crippen LogP contribution in [-0.2, 0) is 5.41 Å². The van der Waals surface area contributed by atoms with E-state index in [1.54, 1.807) is 0 Å². The molecule has 1 nitrogen and oxygen atoms in total. The summed E-state index contributed by atoms with van der Waals surface area (Å²) in [7, 11) is 0. The van der Waals surface area contributed by atoms with Gasteiger partial charge in [0.05, 0.1) is 5.41 Å². The fourth-order valence-corrected chi connectivity index (χ4v) is 11.2. The average Bonchev–Trinajstić information content (AvgIpc) is 3.63. The summed E-state index contributed by atoms with van der Waals surface area (Å²) in [6.07, 6.45) is 0. The zero-order valence-electron chi connectivity index (χ0n) is 33.4. The smallest absolute Gasteiger partial charge is 0.0741 e. The molecule has 0 saturated carbocycles. The molecule has 10 aromatic rings. The highest BCUT2D eigenvalue weighted by atomic mass is 32.2. The van der Waals surface area contributed by atoms with E-state index in [1.807, 2.05) is 11.8 Å². The average molecular weight is 794 g/mol. The van der Waals surface area contributed by atoms with E-state index in [4.69, 9.17) is 0 Å². The Morgan fingerprint density at radius 1 is 0.311 bits per heavy atom. The van der Waals surface area contributed by atoms with Crippen LogP contribution in [0.4, 0.5) is 17.1 Å². The van der Waals surface area contributed by atoms with Gasteiger partial charge in [-0.25, -0.2) is 0 Å². The second kappa shape index (κ2) is 14.4. The van der Waals surface area contributed by atoms with E-state index >= 15 is 0 Å². The summed E-state index contributed by atoms with van der Waals surface area (Å²) in [5, 5.41) is 2.58. The number of nitrogens with zero attached hydrogens (tertiary/aromatic N) is 1. The third kappa shape index (κ3) is 5.71. The summed E-state index contributed by atoms with van der Waals surface area (Å²) >= 11 is 1.91. The second-order valence-corrected chi connectivity index (χ2v) is 17.1. The number of anilines is 3. The Morgan fingerprint density at radius 3 is 1.30 bits per heavy atom. The number of fused-ring (bicyclic) bond motifs is 11. The van der Waals surface area contributed by atoms with E-state index in [2.05, 4.69) is 241 Å². The first-order valence-corrected chi connectivity index (χ1v) is 21.8. The third-order valence-corrected chi connectivity index (χ3v) is 13.9. The summed E-state index contributed by atoms with van der Waals surface area (Å²) in [5.41, 5.74) is 18.2. The van der Waals surface area contributed by atoms with Crippen molar-refractivity contribution in [2.45, 2.75) is 15.2 Å². The van der Waals surface area contributed by atoms with Gasteiger partial charge in [0.15, 0.2) is 0 Å². The van der Waals surface area contributed by atoms with E-state index in [0.717, 1.165) is 17.1 Å². The van der Waals surface area contributed by atoms with Crippen LogP contribution in [0.3, 0.4) is 0 Å². The van der Waals surface area contributed by atoms with Crippen molar-refractivity contribution >= 4 is 39.6 Å². The molecular formula is C59H39NS. The minimum absolute atomic E-state index is 0.464. The Labute approximate surface area is 361 Å². The lowest BCUT2D eigenvalue weighted by Gasteiger charge is -2.40. The molecule has 0 amide bonds. The molecule has 0 radical (unpaired) electrons. The molecular weight excluding hydrogens is 755 g/mol. The third-order valence-electron chi connectivity index (χ3n) is 12.7. The maximum absolute atomic E-state index is 2.49. The molecule has 12 rings (SSSR count). The first-order valence-electron chi connectivity index (χ1n) is 21.0. The Hall–Kier alpha value is -7.39. The van der Waals surface area contributed by atoms with Crippen molar-refractivity contribution in [3.63, 3.8) is 0 Å². The molecule has 0 aromatic heterocycles. The molecule has 1 heterocycles. The van der Waals surface area contributed by atoms with Crippen molar-refractivity contribution in [1.82, 2.24) is 0 Å². The van der Waals surface area contributed by atoms with Crippen LogP contribution in [0.1, 0.15) is 22.3 Å². The van der Waals surface area contributed by atoms with Gasteiger partial charge in [0.1, 0.15) is 0 Å². The molecule has 1 spiro atoms. The summed E-state index contributed by atoms with van der Waals surface area (Å²) < 4.78 is 0. The molecule has 2 aliphatic rings. The van der Waals surface area contributed by atoms with Gasteiger partial charge in [0, 0.05) is 26.9 Å². The van der Waals surface area contributed by atoms with E-state index < -0.39 is 5.41 Å². The molecule has 0 N–H and O–H groups in total. The van der Waals surface area contributed by atoms with Crippen LogP contribution in [0, 0.1) is 0 Å². The largest absolute Gasteiger partial charge is 0.311 e. The Bertz CT molecular complexity index is 3110. The lowest BCUT2D eigenvalue weighted by atomic mass is 9.66. The van der Waals surface area contributed by atoms with E-state index in [9.17, 15) is 0 Å². The predicted octanol–water partition coefficient (Wildman–Crippen LogP) is 16.1. The fourth-order valence-electron chi connectivity index (χ4n) is 9.98. The molecule has 0 fully saturated rings. The van der Waals surface area contributed by atoms with Crippen molar-refractivity contribution in [3.8, 4) is 44.5 Å². The highest BCUT2D eigenvalue weighted by Gasteiger charge is 2.51. The molecule has 0 saturated heterocycles. The minimum Gasteiger partial charge on any atom is -0.311 e. The van der Waals surface area contributed by atoms with Crippen LogP contribution in [0.25, 0.3) is 55.3 Å². The molecule has 2 heteroatoms. The minimum atomic E-state index is -0.464. The normalized spacial score (nSPS) is 13.0. The van der Waals surface area contributed by atoms with Gasteiger partial charge in [-0.3, -0.25) is 0 Å². The molecule has 1 aliphatic heterocycles. The van der Waals surface area contributed by atoms with Crippen molar-refractivity contribution in [2.24, 2.45) is 0 Å². The van der Waals surface area contributed by atoms with Gasteiger partial charge in [-0.15, -0.1) is 0 Å². The first-order chi connectivity index (χ1) is 30.2. The van der Waals surface area contributed by atoms with Gasteiger partial charge in [0.25, 0.3) is 0 Å². The summed E-state index contributed by atoms with van der Waals surface area (Å²) in [5.74, 6) is 0. The number of hydrogen-bond donors (Lipinski definition) is 0. The molecule has 0 bridgehead atoms. The zero-order chi connectivity index (χ0) is 40.3. The number of hydrogen-bond acceptors (Lipinski definition) is 2. The SMILES string of the molecule is c1ccc(-c2ccc(N(c3ccc(-c4ccccc4)cc3)c3ccc(-c4ccc5c(c4)C4(c6ccccc6-c6ccccc64)c4c(ccc6ccccc46)S5)cc3)cc2)cc1. The monoisotopic (exact) mass is 793 g/mol. The Balaban J connectivity index is 0.987. The van der Waals surface area contributed by atoms with E-state index in [0.29, 0.717) is 0 Å². The summed E-state index contributed by atoms with van der Waals surface area (Å²) in [4.78, 5) is 4.99. The molecule has 61 heavy (non-hydrogen) atoms. The number of rotatable bonds is 6.